The third-order valence-corrected chi connectivity index (χ3v) is 5.49. The Kier molecular flexibility index (Phi) is 5.95. The zero-order valence-corrected chi connectivity index (χ0v) is 14.7. The molecule has 1 fully saturated rings. The number of aliphatic hydroxyl groups excluding tert-OH is 3. The molecule has 6 nitrogen and oxygen atoms in total. The minimum atomic E-state index is -1.44. The van der Waals surface area contributed by atoms with Gasteiger partial charge in [-0.05, 0) is 24.3 Å². The number of aliphatic hydroxyl groups is 3. The van der Waals surface area contributed by atoms with Crippen LogP contribution in [0.15, 0.2) is 65.6 Å². The molecule has 1 saturated heterocycles. The molecule has 0 radical (unpaired) electrons. The summed E-state index contributed by atoms with van der Waals surface area (Å²) in [7, 11) is 0. The fourth-order valence-electron chi connectivity index (χ4n) is 2.73. The summed E-state index contributed by atoms with van der Waals surface area (Å²) in [6, 6.07) is 17.4. The zero-order chi connectivity index (χ0) is 18.6. The lowest BCUT2D eigenvalue weighted by Gasteiger charge is -2.44. The first-order chi connectivity index (χ1) is 12.6. The monoisotopic (exact) mass is 376 g/mol. The van der Waals surface area contributed by atoms with Crippen LogP contribution in [-0.4, -0.2) is 57.7 Å². The third-order valence-electron chi connectivity index (χ3n) is 4.15. The Bertz CT molecular complexity index is 725. The standard InChI is InChI=1S/C19H20O6S/c20-12-19(26-14-9-5-2-6-10-14)17(22)16(15(21)11-24-19)25-18(23)13-7-3-1-4-8-13/h1-10,15-17,20-22H,11-12H2/t15-,16-,17+,19+/m1/s1. The predicted octanol–water partition coefficient (Wildman–Crippen LogP) is 1.44. The topological polar surface area (TPSA) is 96.2 Å². The van der Waals surface area contributed by atoms with Crippen LogP contribution in [0.1, 0.15) is 10.4 Å². The SMILES string of the molecule is O=C(O[C@@H]1[C@H](O)CO[C@@](CO)(Sc2ccccc2)[C@H]1O)c1ccccc1. The number of carbonyl (C=O) groups excluding carboxylic acids is 1. The molecule has 3 N–H and O–H groups in total. The molecule has 1 aliphatic heterocycles. The van der Waals surface area contributed by atoms with Crippen molar-refractivity contribution >= 4 is 17.7 Å². The molecule has 0 unspecified atom stereocenters. The molecule has 4 atom stereocenters. The summed E-state index contributed by atoms with van der Waals surface area (Å²) in [5.74, 6) is -0.660. The molecule has 0 saturated carbocycles. The second-order valence-corrected chi connectivity index (χ2v) is 7.31. The summed E-state index contributed by atoms with van der Waals surface area (Å²) in [6.07, 6.45) is -3.84. The Labute approximate surface area is 155 Å². The van der Waals surface area contributed by atoms with Gasteiger partial charge in [0.15, 0.2) is 11.0 Å². The van der Waals surface area contributed by atoms with E-state index in [4.69, 9.17) is 9.47 Å². The largest absolute Gasteiger partial charge is 0.453 e. The number of ether oxygens (including phenoxy) is 2. The van der Waals surface area contributed by atoms with E-state index in [1.165, 1.54) is 0 Å². The first-order valence-corrected chi connectivity index (χ1v) is 8.98. The number of thioether (sulfide) groups is 1. The van der Waals surface area contributed by atoms with Crippen molar-refractivity contribution in [2.45, 2.75) is 28.1 Å². The quantitative estimate of drug-likeness (QED) is 0.680. The molecule has 26 heavy (non-hydrogen) atoms. The van der Waals surface area contributed by atoms with Crippen LogP contribution < -0.4 is 0 Å². The Morgan fingerprint density at radius 2 is 1.73 bits per heavy atom. The van der Waals surface area contributed by atoms with Gasteiger partial charge in [0.1, 0.15) is 12.2 Å². The van der Waals surface area contributed by atoms with Crippen LogP contribution in [0.2, 0.25) is 0 Å². The smallest absolute Gasteiger partial charge is 0.338 e. The van der Waals surface area contributed by atoms with E-state index in [-0.39, 0.29) is 6.61 Å². The molecule has 2 aromatic rings. The lowest BCUT2D eigenvalue weighted by Crippen LogP contribution is -2.62. The molecule has 0 bridgehead atoms. The van der Waals surface area contributed by atoms with Crippen molar-refractivity contribution in [1.82, 2.24) is 0 Å². The van der Waals surface area contributed by atoms with Crippen LogP contribution in [-0.2, 0) is 9.47 Å². The molecule has 1 aliphatic rings. The van der Waals surface area contributed by atoms with Crippen LogP contribution in [0.25, 0.3) is 0 Å². The number of esters is 1. The molecule has 3 rings (SSSR count). The molecule has 0 amide bonds. The van der Waals surface area contributed by atoms with Crippen molar-refractivity contribution in [3.8, 4) is 0 Å². The second-order valence-electron chi connectivity index (χ2n) is 5.94. The predicted molar refractivity (Wildman–Crippen MR) is 95.7 cm³/mol. The van der Waals surface area contributed by atoms with E-state index >= 15 is 0 Å². The van der Waals surface area contributed by atoms with E-state index in [1.807, 2.05) is 30.3 Å². The Hall–Kier alpha value is -1.90. The van der Waals surface area contributed by atoms with Gasteiger partial charge in [-0.2, -0.15) is 0 Å². The van der Waals surface area contributed by atoms with Crippen LogP contribution in [0.5, 0.6) is 0 Å². The van der Waals surface area contributed by atoms with Crippen LogP contribution >= 0.6 is 11.8 Å². The fourth-order valence-corrected chi connectivity index (χ4v) is 3.86. The molecule has 138 valence electrons. The maximum atomic E-state index is 12.3. The highest BCUT2D eigenvalue weighted by molar-refractivity contribution is 8.00. The minimum absolute atomic E-state index is 0.176. The van der Waals surface area contributed by atoms with Crippen molar-refractivity contribution in [2.75, 3.05) is 13.2 Å². The fraction of sp³-hybridized carbons (Fsp3) is 0.316. The van der Waals surface area contributed by atoms with Gasteiger partial charge < -0.3 is 24.8 Å². The van der Waals surface area contributed by atoms with Crippen molar-refractivity contribution in [3.05, 3.63) is 66.2 Å². The maximum absolute atomic E-state index is 12.3. The van der Waals surface area contributed by atoms with E-state index in [0.29, 0.717) is 5.56 Å². The molecule has 0 aromatic heterocycles. The number of rotatable bonds is 5. The van der Waals surface area contributed by atoms with Crippen molar-refractivity contribution < 1.29 is 29.6 Å². The van der Waals surface area contributed by atoms with Crippen molar-refractivity contribution in [2.24, 2.45) is 0 Å². The van der Waals surface area contributed by atoms with E-state index in [9.17, 15) is 20.1 Å². The molecule has 0 spiro atoms. The van der Waals surface area contributed by atoms with Crippen LogP contribution in [0.4, 0.5) is 0 Å². The normalized spacial score (nSPS) is 28.5. The van der Waals surface area contributed by atoms with Crippen LogP contribution in [0, 0.1) is 0 Å². The number of hydrogen-bond donors (Lipinski definition) is 3. The molecule has 0 aliphatic carbocycles. The van der Waals surface area contributed by atoms with Gasteiger partial charge in [-0.1, -0.05) is 48.2 Å². The molecule has 7 heteroatoms. The highest BCUT2D eigenvalue weighted by Gasteiger charge is 2.52. The van der Waals surface area contributed by atoms with Gasteiger partial charge in [0.05, 0.1) is 18.8 Å². The van der Waals surface area contributed by atoms with E-state index < -0.39 is 35.8 Å². The summed E-state index contributed by atoms with van der Waals surface area (Å²) < 4.78 is 10.9. The van der Waals surface area contributed by atoms with Crippen LogP contribution in [0.3, 0.4) is 0 Å². The molecular weight excluding hydrogens is 356 g/mol. The van der Waals surface area contributed by atoms with Gasteiger partial charge in [0.25, 0.3) is 0 Å². The van der Waals surface area contributed by atoms with Gasteiger partial charge in [-0.25, -0.2) is 4.79 Å². The summed E-state index contributed by atoms with van der Waals surface area (Å²) in [5, 5.41) is 30.8. The van der Waals surface area contributed by atoms with E-state index in [0.717, 1.165) is 16.7 Å². The van der Waals surface area contributed by atoms with Gasteiger partial charge in [-0.3, -0.25) is 0 Å². The summed E-state index contributed by atoms with van der Waals surface area (Å²) in [5.41, 5.74) is 0.309. The Morgan fingerprint density at radius 3 is 2.35 bits per heavy atom. The lowest BCUT2D eigenvalue weighted by atomic mass is 9.99. The van der Waals surface area contributed by atoms with Gasteiger partial charge in [-0.15, -0.1) is 0 Å². The maximum Gasteiger partial charge on any atom is 0.338 e. The summed E-state index contributed by atoms with van der Waals surface area (Å²) in [6.45, 7) is -0.690. The van der Waals surface area contributed by atoms with Gasteiger partial charge >= 0.3 is 5.97 Å². The summed E-state index contributed by atoms with van der Waals surface area (Å²) in [4.78, 5) is 11.6. The lowest BCUT2D eigenvalue weighted by molar-refractivity contribution is -0.210. The molecule has 2 aromatic carbocycles. The van der Waals surface area contributed by atoms with E-state index in [1.54, 1.807) is 30.3 Å². The second kappa shape index (κ2) is 8.20. The highest BCUT2D eigenvalue weighted by Crippen LogP contribution is 2.41. The summed E-state index contributed by atoms with van der Waals surface area (Å²) >= 11 is 1.12. The number of carbonyl (C=O) groups is 1. The average Bonchev–Trinajstić information content (AvgIpc) is 2.69. The first kappa shape index (κ1) is 18.9. The zero-order valence-electron chi connectivity index (χ0n) is 13.9. The first-order valence-electron chi connectivity index (χ1n) is 8.17. The highest BCUT2D eigenvalue weighted by atomic mass is 32.2. The van der Waals surface area contributed by atoms with Gasteiger partial charge in [0, 0.05) is 4.90 Å². The van der Waals surface area contributed by atoms with Crippen molar-refractivity contribution in [1.29, 1.82) is 0 Å². The Balaban J connectivity index is 1.80. The van der Waals surface area contributed by atoms with Gasteiger partial charge in [0.2, 0.25) is 0 Å². The molecular formula is C19H20O6S. The van der Waals surface area contributed by atoms with Crippen molar-refractivity contribution in [3.63, 3.8) is 0 Å². The van der Waals surface area contributed by atoms with E-state index in [2.05, 4.69) is 0 Å². The third kappa shape index (κ3) is 3.92. The average molecular weight is 376 g/mol. The number of hydrogen-bond acceptors (Lipinski definition) is 7. The minimum Gasteiger partial charge on any atom is -0.453 e. The Morgan fingerprint density at radius 1 is 1.12 bits per heavy atom. The number of benzene rings is 2. The molecule has 1 heterocycles.